The Labute approximate surface area is 186 Å². The maximum atomic E-state index is 12.1. The van der Waals surface area contributed by atoms with Crippen LogP contribution in [0.4, 0.5) is 0 Å². The zero-order valence-corrected chi connectivity index (χ0v) is 19.6. The molecule has 0 aromatic heterocycles. The van der Waals surface area contributed by atoms with E-state index in [4.69, 9.17) is 18.9 Å². The van der Waals surface area contributed by atoms with Gasteiger partial charge in [0.2, 0.25) is 17.2 Å². The normalized spacial score (nSPS) is 10.7. The number of unbranched alkanes of at least 4 members (excludes halogenated alkanes) is 5. The zero-order chi connectivity index (χ0) is 23.1. The van der Waals surface area contributed by atoms with Gasteiger partial charge >= 0.3 is 5.97 Å². The molecule has 0 heterocycles. The van der Waals surface area contributed by atoms with E-state index in [1.807, 2.05) is 13.8 Å². The third kappa shape index (κ3) is 8.38. The van der Waals surface area contributed by atoms with Gasteiger partial charge in [0.1, 0.15) is 0 Å². The minimum absolute atomic E-state index is 0.00181. The molecule has 0 aliphatic rings. The van der Waals surface area contributed by atoms with Crippen LogP contribution in [0.5, 0.6) is 28.7 Å². The number of hydrogen-bond donors (Lipinski definition) is 2. The molecule has 0 amide bonds. The minimum atomic E-state index is -1.30. The molecule has 0 spiro atoms. The molecule has 178 valence electrons. The molecule has 0 aliphatic heterocycles. The summed E-state index contributed by atoms with van der Waals surface area (Å²) in [4.78, 5) is 12.1. The molecule has 0 fully saturated rings. The molecular formula is C24H40O7. The van der Waals surface area contributed by atoms with Crippen molar-refractivity contribution < 1.29 is 34.0 Å². The van der Waals surface area contributed by atoms with E-state index in [0.717, 1.165) is 57.8 Å². The summed E-state index contributed by atoms with van der Waals surface area (Å²) >= 11 is 0. The van der Waals surface area contributed by atoms with Crippen LogP contribution in [0.1, 0.15) is 95.8 Å². The predicted molar refractivity (Wildman–Crippen MR) is 121 cm³/mol. The van der Waals surface area contributed by atoms with E-state index in [1.165, 1.54) is 0 Å². The molecule has 0 radical (unpaired) electrons. The van der Waals surface area contributed by atoms with Gasteiger partial charge in [-0.2, -0.15) is 0 Å². The Morgan fingerprint density at radius 1 is 0.613 bits per heavy atom. The number of carbonyl (C=O) groups is 1. The van der Waals surface area contributed by atoms with Crippen molar-refractivity contribution in [3.05, 3.63) is 5.56 Å². The lowest BCUT2D eigenvalue weighted by atomic mass is 10.1. The van der Waals surface area contributed by atoms with Crippen molar-refractivity contribution in [1.82, 2.24) is 0 Å². The number of phenols is 1. The maximum Gasteiger partial charge on any atom is 0.343 e. The standard InChI is InChI=1S/C24H40O7/c1-5-9-13-17-29-21-19(25)18(24(26)27)20(28-14-10-6-2)22(30-15-11-7-3)23(21)31-16-12-8-4/h25H,5-17H2,1-4H3,(H,26,27). The number of benzene rings is 1. The van der Waals surface area contributed by atoms with Gasteiger partial charge in [-0.3, -0.25) is 0 Å². The van der Waals surface area contributed by atoms with Crippen molar-refractivity contribution in [2.24, 2.45) is 0 Å². The Hall–Kier alpha value is -2.31. The second kappa shape index (κ2) is 15.5. The van der Waals surface area contributed by atoms with Gasteiger partial charge in [0.25, 0.3) is 0 Å². The number of ether oxygens (including phenoxy) is 4. The second-order valence-corrected chi connectivity index (χ2v) is 7.51. The van der Waals surface area contributed by atoms with E-state index < -0.39 is 11.7 Å². The topological polar surface area (TPSA) is 94.5 Å². The second-order valence-electron chi connectivity index (χ2n) is 7.51. The smallest absolute Gasteiger partial charge is 0.343 e. The third-order valence-corrected chi connectivity index (χ3v) is 4.74. The first-order chi connectivity index (χ1) is 15.0. The fourth-order valence-electron chi connectivity index (χ4n) is 2.86. The fourth-order valence-corrected chi connectivity index (χ4v) is 2.86. The minimum Gasteiger partial charge on any atom is -0.503 e. The zero-order valence-electron chi connectivity index (χ0n) is 19.6. The van der Waals surface area contributed by atoms with Crippen LogP contribution in [-0.4, -0.2) is 42.6 Å². The molecule has 0 saturated heterocycles. The van der Waals surface area contributed by atoms with Crippen LogP contribution in [0.3, 0.4) is 0 Å². The van der Waals surface area contributed by atoms with E-state index in [9.17, 15) is 15.0 Å². The molecule has 1 aromatic carbocycles. The van der Waals surface area contributed by atoms with E-state index in [0.29, 0.717) is 26.4 Å². The lowest BCUT2D eigenvalue weighted by Gasteiger charge is -2.23. The van der Waals surface area contributed by atoms with Crippen molar-refractivity contribution in [1.29, 1.82) is 0 Å². The van der Waals surface area contributed by atoms with Crippen molar-refractivity contribution in [2.45, 2.75) is 85.5 Å². The molecule has 2 N–H and O–H groups in total. The Kier molecular flexibility index (Phi) is 13.3. The largest absolute Gasteiger partial charge is 0.503 e. The van der Waals surface area contributed by atoms with Crippen LogP contribution in [0.15, 0.2) is 0 Å². The van der Waals surface area contributed by atoms with Crippen LogP contribution in [0.25, 0.3) is 0 Å². The molecule has 0 aliphatic carbocycles. The summed E-state index contributed by atoms with van der Waals surface area (Å²) in [5.41, 5.74) is -0.351. The molecule has 1 rings (SSSR count). The fraction of sp³-hybridized carbons (Fsp3) is 0.708. The molecule has 0 bridgehead atoms. The van der Waals surface area contributed by atoms with E-state index in [-0.39, 0.29) is 28.6 Å². The lowest BCUT2D eigenvalue weighted by Crippen LogP contribution is -2.12. The predicted octanol–water partition coefficient (Wildman–Crippen LogP) is 6.20. The average molecular weight is 441 g/mol. The number of hydrogen-bond acceptors (Lipinski definition) is 6. The van der Waals surface area contributed by atoms with Crippen molar-refractivity contribution >= 4 is 5.97 Å². The van der Waals surface area contributed by atoms with Gasteiger partial charge in [-0.15, -0.1) is 0 Å². The molecular weight excluding hydrogens is 400 g/mol. The Morgan fingerprint density at radius 2 is 1.00 bits per heavy atom. The van der Waals surface area contributed by atoms with E-state index >= 15 is 0 Å². The first kappa shape index (κ1) is 26.7. The summed E-state index contributed by atoms with van der Waals surface area (Å²) in [6, 6.07) is 0. The highest BCUT2D eigenvalue weighted by molar-refractivity contribution is 5.97. The lowest BCUT2D eigenvalue weighted by molar-refractivity contribution is 0.0685. The van der Waals surface area contributed by atoms with Crippen LogP contribution in [-0.2, 0) is 0 Å². The SMILES string of the molecule is CCCCCOc1c(O)c(C(=O)O)c(OCCCC)c(OCCCC)c1OCCCC. The average Bonchev–Trinajstić information content (AvgIpc) is 2.74. The van der Waals surface area contributed by atoms with Gasteiger partial charge < -0.3 is 29.2 Å². The van der Waals surface area contributed by atoms with Gasteiger partial charge in [-0.25, -0.2) is 4.79 Å². The highest BCUT2D eigenvalue weighted by atomic mass is 16.6. The molecule has 7 nitrogen and oxygen atoms in total. The first-order valence-corrected chi connectivity index (χ1v) is 11.7. The molecule has 7 heteroatoms. The van der Waals surface area contributed by atoms with Gasteiger partial charge in [0, 0.05) is 0 Å². The quantitative estimate of drug-likeness (QED) is 0.263. The summed E-state index contributed by atoms with van der Waals surface area (Å²) in [5, 5.41) is 20.7. The Morgan fingerprint density at radius 3 is 1.45 bits per heavy atom. The third-order valence-electron chi connectivity index (χ3n) is 4.74. The number of carboxylic acid groups (broad SMARTS) is 1. The highest BCUT2D eigenvalue weighted by Gasteiger charge is 2.32. The van der Waals surface area contributed by atoms with Crippen LogP contribution < -0.4 is 18.9 Å². The van der Waals surface area contributed by atoms with Gasteiger partial charge in [0.05, 0.1) is 26.4 Å². The molecule has 31 heavy (non-hydrogen) atoms. The van der Waals surface area contributed by atoms with Crippen LogP contribution >= 0.6 is 0 Å². The molecule has 0 saturated carbocycles. The number of aromatic hydroxyl groups is 1. The van der Waals surface area contributed by atoms with E-state index in [1.54, 1.807) is 0 Å². The molecule has 0 unspecified atom stereocenters. The summed E-state index contributed by atoms with van der Waals surface area (Å²) in [6.07, 6.45) is 7.85. The summed E-state index contributed by atoms with van der Waals surface area (Å²) in [5.74, 6) is -1.36. The molecule has 1 aromatic rings. The van der Waals surface area contributed by atoms with Crippen molar-refractivity contribution in [3.63, 3.8) is 0 Å². The van der Waals surface area contributed by atoms with Gasteiger partial charge in [-0.05, 0) is 25.7 Å². The van der Waals surface area contributed by atoms with Gasteiger partial charge in [0.15, 0.2) is 17.1 Å². The summed E-state index contributed by atoms with van der Waals surface area (Å²) in [7, 11) is 0. The molecule has 0 atom stereocenters. The van der Waals surface area contributed by atoms with Crippen molar-refractivity contribution in [3.8, 4) is 28.7 Å². The Balaban J connectivity index is 3.53. The highest BCUT2D eigenvalue weighted by Crippen LogP contribution is 2.53. The van der Waals surface area contributed by atoms with Gasteiger partial charge in [-0.1, -0.05) is 59.8 Å². The number of aromatic carboxylic acids is 1. The number of rotatable bonds is 18. The Bertz CT molecular complexity index is 658. The maximum absolute atomic E-state index is 12.1. The van der Waals surface area contributed by atoms with Crippen LogP contribution in [0.2, 0.25) is 0 Å². The van der Waals surface area contributed by atoms with E-state index in [2.05, 4.69) is 13.8 Å². The summed E-state index contributed by atoms with van der Waals surface area (Å²) < 4.78 is 23.6. The monoisotopic (exact) mass is 440 g/mol. The van der Waals surface area contributed by atoms with Crippen LogP contribution in [0, 0.1) is 0 Å². The number of carboxylic acids is 1. The van der Waals surface area contributed by atoms with Crippen molar-refractivity contribution in [2.75, 3.05) is 26.4 Å². The first-order valence-electron chi connectivity index (χ1n) is 11.7. The summed E-state index contributed by atoms with van der Waals surface area (Å²) in [6.45, 7) is 9.62.